The monoisotopic (exact) mass is 238 g/mol. The van der Waals surface area contributed by atoms with Crippen molar-refractivity contribution in [2.75, 3.05) is 19.6 Å². The van der Waals surface area contributed by atoms with Crippen LogP contribution in [-0.4, -0.2) is 34.2 Å². The molecule has 0 saturated heterocycles. The Morgan fingerprint density at radius 2 is 1.94 bits per heavy atom. The van der Waals surface area contributed by atoms with Crippen molar-refractivity contribution >= 4 is 0 Å². The molecule has 0 fully saturated rings. The van der Waals surface area contributed by atoms with Gasteiger partial charge in [-0.2, -0.15) is 0 Å². The van der Waals surface area contributed by atoms with Gasteiger partial charge < -0.3 is 14.6 Å². The van der Waals surface area contributed by atoms with Gasteiger partial charge in [-0.15, -0.1) is 0 Å². The largest absolute Gasteiger partial charge is 0.503 e. The summed E-state index contributed by atoms with van der Waals surface area (Å²) in [7, 11) is 0. The minimum Gasteiger partial charge on any atom is -0.503 e. The van der Waals surface area contributed by atoms with Gasteiger partial charge in [-0.3, -0.25) is 4.79 Å². The maximum absolute atomic E-state index is 11.3. The van der Waals surface area contributed by atoms with Gasteiger partial charge in [-0.1, -0.05) is 20.8 Å². The molecular formula is C13H22N2O2. The van der Waals surface area contributed by atoms with Gasteiger partial charge in [0, 0.05) is 25.4 Å². The van der Waals surface area contributed by atoms with Crippen LogP contribution >= 0.6 is 0 Å². The van der Waals surface area contributed by atoms with Crippen LogP contribution in [-0.2, 0) is 13.0 Å². The third-order valence-corrected chi connectivity index (χ3v) is 3.15. The molecule has 0 aromatic carbocycles. The number of hydrogen-bond acceptors (Lipinski definition) is 3. The second-order valence-electron chi connectivity index (χ2n) is 4.05. The van der Waals surface area contributed by atoms with E-state index >= 15 is 0 Å². The van der Waals surface area contributed by atoms with Crippen molar-refractivity contribution in [3.05, 3.63) is 28.2 Å². The van der Waals surface area contributed by atoms with Gasteiger partial charge in [-0.05, 0) is 19.5 Å². The van der Waals surface area contributed by atoms with E-state index in [0.29, 0.717) is 6.42 Å². The molecule has 1 aromatic heterocycles. The van der Waals surface area contributed by atoms with E-state index in [1.54, 1.807) is 6.20 Å². The first-order valence-electron chi connectivity index (χ1n) is 6.27. The van der Waals surface area contributed by atoms with Crippen LogP contribution in [0.4, 0.5) is 0 Å². The van der Waals surface area contributed by atoms with Crippen molar-refractivity contribution in [3.8, 4) is 5.75 Å². The normalized spacial score (nSPS) is 11.1. The minimum absolute atomic E-state index is 0.102. The Kier molecular flexibility index (Phi) is 5.22. The van der Waals surface area contributed by atoms with Gasteiger partial charge >= 0.3 is 0 Å². The molecule has 0 saturated carbocycles. The quantitative estimate of drug-likeness (QED) is 0.816. The summed E-state index contributed by atoms with van der Waals surface area (Å²) in [4.78, 5) is 13.6. The van der Waals surface area contributed by atoms with Crippen LogP contribution in [0.3, 0.4) is 0 Å². The highest BCUT2D eigenvalue weighted by molar-refractivity contribution is 5.26. The molecule has 1 heterocycles. The van der Waals surface area contributed by atoms with Crippen LogP contribution in [0.2, 0.25) is 0 Å². The molecule has 0 bridgehead atoms. The fraction of sp³-hybridized carbons (Fsp3) is 0.615. The molecule has 4 nitrogen and oxygen atoms in total. The molecule has 96 valence electrons. The molecule has 0 atom stereocenters. The lowest BCUT2D eigenvalue weighted by atomic mass is 10.2. The molecular weight excluding hydrogens is 216 g/mol. The molecule has 1 N–H and O–H groups in total. The Balaban J connectivity index is 2.84. The van der Waals surface area contributed by atoms with Crippen LogP contribution in [0.1, 0.15) is 26.5 Å². The molecule has 0 spiro atoms. The zero-order valence-corrected chi connectivity index (χ0v) is 10.9. The van der Waals surface area contributed by atoms with Crippen molar-refractivity contribution in [3.63, 3.8) is 0 Å². The van der Waals surface area contributed by atoms with Gasteiger partial charge in [0.2, 0.25) is 5.43 Å². The lowest BCUT2D eigenvalue weighted by Gasteiger charge is -2.20. The van der Waals surface area contributed by atoms with Crippen molar-refractivity contribution in [2.24, 2.45) is 0 Å². The summed E-state index contributed by atoms with van der Waals surface area (Å²) in [6.07, 6.45) is 2.44. The van der Waals surface area contributed by atoms with Crippen LogP contribution in [0, 0.1) is 0 Å². The Morgan fingerprint density at radius 3 is 2.47 bits per heavy atom. The predicted octanol–water partition coefficient (Wildman–Crippen LogP) is 1.46. The highest BCUT2D eigenvalue weighted by atomic mass is 16.3. The minimum atomic E-state index is -0.291. The maximum Gasteiger partial charge on any atom is 0.223 e. The summed E-state index contributed by atoms with van der Waals surface area (Å²) in [6.45, 7) is 9.98. The maximum atomic E-state index is 11.3. The fourth-order valence-electron chi connectivity index (χ4n) is 1.97. The smallest absolute Gasteiger partial charge is 0.223 e. The highest BCUT2D eigenvalue weighted by Crippen LogP contribution is 2.11. The van der Waals surface area contributed by atoms with E-state index in [9.17, 15) is 9.90 Å². The van der Waals surface area contributed by atoms with Crippen molar-refractivity contribution < 1.29 is 5.11 Å². The number of hydrogen-bond donors (Lipinski definition) is 1. The molecule has 0 aliphatic heterocycles. The van der Waals surface area contributed by atoms with Crippen LogP contribution in [0.15, 0.2) is 17.1 Å². The summed E-state index contributed by atoms with van der Waals surface area (Å²) in [6, 6.07) is 1.43. The third kappa shape index (κ3) is 3.33. The molecule has 0 amide bonds. The van der Waals surface area contributed by atoms with E-state index in [-0.39, 0.29) is 11.2 Å². The number of aromatic nitrogens is 1. The lowest BCUT2D eigenvalue weighted by molar-refractivity contribution is 0.288. The van der Waals surface area contributed by atoms with Crippen LogP contribution in [0.5, 0.6) is 5.75 Å². The first-order chi connectivity index (χ1) is 8.13. The predicted molar refractivity (Wildman–Crippen MR) is 69.5 cm³/mol. The van der Waals surface area contributed by atoms with Crippen LogP contribution < -0.4 is 5.43 Å². The Hall–Kier alpha value is -1.29. The van der Waals surface area contributed by atoms with E-state index in [1.165, 1.54) is 6.07 Å². The lowest BCUT2D eigenvalue weighted by Crippen LogP contribution is -2.28. The van der Waals surface area contributed by atoms with Crippen LogP contribution in [0.25, 0.3) is 0 Å². The first kappa shape index (κ1) is 13.8. The Bertz CT molecular complexity index is 408. The zero-order valence-electron chi connectivity index (χ0n) is 10.9. The van der Waals surface area contributed by atoms with Gasteiger partial charge in [0.25, 0.3) is 0 Å². The summed E-state index contributed by atoms with van der Waals surface area (Å²) in [5.74, 6) is -0.102. The molecule has 0 radical (unpaired) electrons. The molecule has 0 aliphatic rings. The fourth-order valence-corrected chi connectivity index (χ4v) is 1.97. The van der Waals surface area contributed by atoms with Gasteiger partial charge in [0.1, 0.15) is 0 Å². The summed E-state index contributed by atoms with van der Waals surface area (Å²) >= 11 is 0. The summed E-state index contributed by atoms with van der Waals surface area (Å²) in [5, 5.41) is 9.71. The van der Waals surface area contributed by atoms with E-state index in [2.05, 4.69) is 18.7 Å². The van der Waals surface area contributed by atoms with Crippen molar-refractivity contribution in [2.45, 2.75) is 33.7 Å². The molecule has 0 unspecified atom stereocenters. The highest BCUT2D eigenvalue weighted by Gasteiger charge is 2.08. The van der Waals surface area contributed by atoms with Gasteiger partial charge in [0.15, 0.2) is 5.75 Å². The molecule has 0 aliphatic carbocycles. The van der Waals surface area contributed by atoms with Gasteiger partial charge in [0.05, 0.1) is 5.69 Å². The Morgan fingerprint density at radius 1 is 1.29 bits per heavy atom. The average Bonchev–Trinajstić information content (AvgIpc) is 2.35. The molecule has 1 aromatic rings. The standard InChI is InChI=1S/C13H22N2O2/c1-4-11-13(17)12(16)7-8-15(11)10-9-14(5-2)6-3/h7-8,17H,4-6,9-10H2,1-3H3. The van der Waals surface area contributed by atoms with Crippen molar-refractivity contribution in [1.82, 2.24) is 9.47 Å². The molecule has 17 heavy (non-hydrogen) atoms. The Labute approximate surface area is 102 Å². The van der Waals surface area contributed by atoms with Crippen molar-refractivity contribution in [1.29, 1.82) is 0 Å². The topological polar surface area (TPSA) is 45.5 Å². The first-order valence-corrected chi connectivity index (χ1v) is 6.27. The number of nitrogens with zero attached hydrogens (tertiary/aromatic N) is 2. The number of likely N-dealkylation sites (N-methyl/N-ethyl adjacent to an activating group) is 1. The third-order valence-electron chi connectivity index (χ3n) is 3.15. The van der Waals surface area contributed by atoms with E-state index < -0.39 is 0 Å². The zero-order chi connectivity index (χ0) is 12.8. The van der Waals surface area contributed by atoms with E-state index in [1.807, 2.05) is 11.5 Å². The molecule has 1 rings (SSSR count). The average molecular weight is 238 g/mol. The summed E-state index contributed by atoms with van der Waals surface area (Å²) < 4.78 is 1.97. The second kappa shape index (κ2) is 6.45. The van der Waals surface area contributed by atoms with E-state index in [0.717, 1.165) is 31.9 Å². The molecule has 4 heteroatoms. The van der Waals surface area contributed by atoms with Gasteiger partial charge in [-0.25, -0.2) is 0 Å². The summed E-state index contributed by atoms with van der Waals surface area (Å²) in [5.41, 5.74) is 0.436. The number of aromatic hydroxyl groups is 1. The second-order valence-corrected chi connectivity index (χ2v) is 4.05. The van der Waals surface area contributed by atoms with E-state index in [4.69, 9.17) is 0 Å². The SMILES string of the molecule is CCc1c(O)c(=O)ccn1CCN(CC)CC. The number of rotatable bonds is 6. The number of pyridine rings is 1.